The van der Waals surface area contributed by atoms with Crippen LogP contribution in [0.3, 0.4) is 0 Å². The summed E-state index contributed by atoms with van der Waals surface area (Å²) in [5.74, 6) is 0. The van der Waals surface area contributed by atoms with E-state index in [0.29, 0.717) is 0 Å². The molecule has 1 atom stereocenters. The Kier molecular flexibility index (Phi) is 5.20. The van der Waals surface area contributed by atoms with Crippen molar-refractivity contribution >= 4 is 35.8 Å². The Bertz CT molecular complexity index is 97.6. The van der Waals surface area contributed by atoms with Crippen molar-refractivity contribution in [2.24, 2.45) is 0 Å². The van der Waals surface area contributed by atoms with Crippen LogP contribution in [0.25, 0.3) is 0 Å². The molecule has 0 spiro atoms. The van der Waals surface area contributed by atoms with Crippen molar-refractivity contribution < 1.29 is 0 Å². The van der Waals surface area contributed by atoms with Gasteiger partial charge in [-0.2, -0.15) is 0 Å². The average Bonchev–Trinajstić information content (AvgIpc) is 1.68. The van der Waals surface area contributed by atoms with Gasteiger partial charge in [0.2, 0.25) is 0 Å². The van der Waals surface area contributed by atoms with E-state index in [2.05, 4.69) is 17.7 Å². The number of rotatable bonds is 2. The molecule has 0 radical (unpaired) electrons. The SMILES string of the molecule is C#CP(C)SB=S. The van der Waals surface area contributed by atoms with Crippen LogP contribution >= 0.6 is 30.4 Å². The van der Waals surface area contributed by atoms with Gasteiger partial charge in [0.25, 0.3) is 0 Å². The summed E-state index contributed by atoms with van der Waals surface area (Å²) in [4.78, 5) is 0. The molecule has 0 N–H and O–H groups in total. The van der Waals surface area contributed by atoms with Crippen LogP contribution in [0.5, 0.6) is 0 Å². The zero-order valence-electron chi connectivity index (χ0n) is 3.92. The standard InChI is InChI=1S/C3H4BPS2/c1-3-5(2)7-4-6/h1H,2H3. The molecular formula is C3H4BPS2. The van der Waals surface area contributed by atoms with Crippen molar-refractivity contribution in [1.82, 2.24) is 0 Å². The maximum atomic E-state index is 5.05. The maximum absolute atomic E-state index is 5.05. The molecule has 0 amide bonds. The second kappa shape index (κ2) is 4.78. The Labute approximate surface area is 55.0 Å². The molecule has 4 heteroatoms. The molecular weight excluding hydrogens is 142 g/mol. The predicted octanol–water partition coefficient (Wildman–Crippen LogP) is 2.07. The third-order valence-electron chi connectivity index (χ3n) is 0.383. The first-order valence-electron chi connectivity index (χ1n) is 1.61. The van der Waals surface area contributed by atoms with Crippen LogP contribution in [0.4, 0.5) is 0 Å². The van der Waals surface area contributed by atoms with Crippen molar-refractivity contribution in [3.05, 3.63) is 0 Å². The van der Waals surface area contributed by atoms with Gasteiger partial charge >= 0.3 is 54.6 Å². The molecule has 1 unspecified atom stereocenters. The van der Waals surface area contributed by atoms with Gasteiger partial charge in [-0.25, -0.2) is 0 Å². The summed E-state index contributed by atoms with van der Waals surface area (Å²) >= 11 is 6.10. The van der Waals surface area contributed by atoms with E-state index in [1.54, 1.807) is 16.7 Å². The molecule has 0 nitrogen and oxygen atoms in total. The Morgan fingerprint density at radius 2 is 2.57 bits per heavy atom. The summed E-state index contributed by atoms with van der Waals surface area (Å²) in [7, 11) is -0.294. The molecule has 0 aromatic heterocycles. The van der Waals surface area contributed by atoms with Crippen LogP contribution in [-0.2, 0) is 0 Å². The molecule has 0 saturated heterocycles. The Balaban J connectivity index is 3.21. The van der Waals surface area contributed by atoms with Gasteiger partial charge in [0.05, 0.1) is 0 Å². The average molecular weight is 146 g/mol. The van der Waals surface area contributed by atoms with Gasteiger partial charge in [-0.15, -0.1) is 0 Å². The van der Waals surface area contributed by atoms with Crippen LogP contribution in [0.1, 0.15) is 0 Å². The fourth-order valence-corrected chi connectivity index (χ4v) is 2.02. The molecule has 0 aromatic carbocycles. The van der Waals surface area contributed by atoms with Gasteiger partial charge in [0, 0.05) is 0 Å². The summed E-state index contributed by atoms with van der Waals surface area (Å²) in [5, 5.41) is 0. The van der Waals surface area contributed by atoms with Gasteiger partial charge < -0.3 is 0 Å². The normalized spacial score (nSPS) is 11.4. The van der Waals surface area contributed by atoms with Gasteiger partial charge in [0.15, 0.2) is 0 Å². The summed E-state index contributed by atoms with van der Waals surface area (Å²) in [6.07, 6.45) is 5.05. The van der Waals surface area contributed by atoms with Crippen molar-refractivity contribution in [2.75, 3.05) is 6.66 Å². The molecule has 0 rings (SSSR count). The van der Waals surface area contributed by atoms with Crippen LogP contribution in [-0.4, -0.2) is 12.1 Å². The zero-order chi connectivity index (χ0) is 5.70. The van der Waals surface area contributed by atoms with Crippen molar-refractivity contribution in [1.29, 1.82) is 0 Å². The first kappa shape index (κ1) is 7.62. The first-order chi connectivity index (χ1) is 3.31. The second-order valence-corrected chi connectivity index (χ2v) is 5.34. The Morgan fingerprint density at radius 1 is 2.00 bits per heavy atom. The summed E-state index contributed by atoms with van der Waals surface area (Å²) in [6, 6.07) is 0. The summed E-state index contributed by atoms with van der Waals surface area (Å²) in [5.41, 5.74) is 4.21. The molecule has 36 valence electrons. The molecule has 0 aliphatic carbocycles. The quantitative estimate of drug-likeness (QED) is 0.332. The minimum atomic E-state index is -0.294. The fraction of sp³-hybridized carbons (Fsp3) is 0.333. The van der Waals surface area contributed by atoms with E-state index < -0.39 is 0 Å². The monoisotopic (exact) mass is 146 g/mol. The molecule has 0 saturated carbocycles. The molecule has 7 heavy (non-hydrogen) atoms. The van der Waals surface area contributed by atoms with Crippen LogP contribution in [0.2, 0.25) is 0 Å². The van der Waals surface area contributed by atoms with Crippen molar-refractivity contribution in [3.63, 3.8) is 0 Å². The molecule has 0 aromatic rings. The topological polar surface area (TPSA) is 0 Å². The van der Waals surface area contributed by atoms with Gasteiger partial charge in [-0.3, -0.25) is 0 Å². The number of terminal acetylenes is 1. The van der Waals surface area contributed by atoms with E-state index in [1.807, 2.05) is 6.66 Å². The molecule has 0 heterocycles. The first-order valence-corrected chi connectivity index (χ1v) is 5.36. The number of hydrogen-bond acceptors (Lipinski definition) is 2. The van der Waals surface area contributed by atoms with E-state index in [0.717, 1.165) is 0 Å². The van der Waals surface area contributed by atoms with E-state index >= 15 is 0 Å². The van der Waals surface area contributed by atoms with Crippen LogP contribution in [0.15, 0.2) is 0 Å². The van der Waals surface area contributed by atoms with Crippen LogP contribution in [0, 0.1) is 12.1 Å². The van der Waals surface area contributed by atoms with E-state index in [9.17, 15) is 0 Å². The summed E-state index contributed by atoms with van der Waals surface area (Å²) < 4.78 is 0. The Morgan fingerprint density at radius 3 is 2.71 bits per heavy atom. The fourth-order valence-electron chi connectivity index (χ4n) is 0.0950. The third-order valence-corrected chi connectivity index (χ3v) is 3.45. The second-order valence-electron chi connectivity index (χ2n) is 0.828. The van der Waals surface area contributed by atoms with E-state index in [1.165, 1.54) is 0 Å². The molecule has 0 aliphatic heterocycles. The summed E-state index contributed by atoms with van der Waals surface area (Å²) in [6.45, 7) is 2.00. The van der Waals surface area contributed by atoms with Gasteiger partial charge in [0.1, 0.15) is 0 Å². The number of hydrogen-bond donors (Lipinski definition) is 0. The van der Waals surface area contributed by atoms with Crippen molar-refractivity contribution in [2.45, 2.75) is 0 Å². The zero-order valence-corrected chi connectivity index (χ0v) is 6.45. The third kappa shape index (κ3) is 4.48. The predicted molar refractivity (Wildman–Crippen MR) is 42.6 cm³/mol. The van der Waals surface area contributed by atoms with Gasteiger partial charge in [-0.1, -0.05) is 0 Å². The van der Waals surface area contributed by atoms with E-state index in [-0.39, 0.29) is 7.12 Å². The molecule has 0 bridgehead atoms. The van der Waals surface area contributed by atoms with Crippen molar-refractivity contribution in [3.8, 4) is 12.1 Å². The van der Waals surface area contributed by atoms with Crippen LogP contribution < -0.4 is 0 Å². The van der Waals surface area contributed by atoms with E-state index in [4.69, 9.17) is 6.42 Å². The molecule has 0 fully saturated rings. The van der Waals surface area contributed by atoms with Gasteiger partial charge in [-0.05, 0) is 0 Å². The molecule has 0 aliphatic rings. The minimum absolute atomic E-state index is 0.294. The Hall–Kier alpha value is 0.625.